The Morgan fingerprint density at radius 3 is 1.89 bits per heavy atom. The number of hydrogen-bond acceptors (Lipinski definition) is 7. The normalized spacial score (nSPS) is 35.3. The van der Waals surface area contributed by atoms with E-state index >= 15 is 4.79 Å². The minimum absolute atomic E-state index is 0.206. The van der Waals surface area contributed by atoms with E-state index in [1.165, 1.54) is 0 Å². The Hall–Kier alpha value is -3.62. The molecule has 3 aromatic rings. The maximum absolute atomic E-state index is 15.2. The number of aliphatic hydroxyl groups is 2. The van der Waals surface area contributed by atoms with Crippen LogP contribution in [0, 0.1) is 33.5 Å². The van der Waals surface area contributed by atoms with E-state index in [1.54, 1.807) is 24.3 Å². The third kappa shape index (κ3) is 5.28. The van der Waals surface area contributed by atoms with E-state index in [9.17, 15) is 15.0 Å². The molecule has 4 aliphatic rings. The van der Waals surface area contributed by atoms with Crippen LogP contribution in [0.25, 0.3) is 0 Å². The highest BCUT2D eigenvalue weighted by Crippen LogP contribution is 2.68. The lowest BCUT2D eigenvalue weighted by atomic mass is 9.42. The quantitative estimate of drug-likeness (QED) is 0.249. The highest BCUT2D eigenvalue weighted by Gasteiger charge is 2.75. The van der Waals surface area contributed by atoms with Crippen molar-refractivity contribution in [2.24, 2.45) is 33.5 Å². The molecule has 7 rings (SSSR count). The fourth-order valence-electron chi connectivity index (χ4n) is 11.0. The number of ketones is 1. The van der Waals surface area contributed by atoms with Crippen molar-refractivity contribution in [2.45, 2.75) is 111 Å². The molecule has 3 aromatic carbocycles. The Morgan fingerprint density at radius 2 is 1.40 bits per heavy atom. The first-order valence-electron chi connectivity index (χ1n) is 19.2. The van der Waals surface area contributed by atoms with Gasteiger partial charge in [-0.3, -0.25) is 4.79 Å². The molecular weight excluding hydrogens is 664 g/mol. The largest absolute Gasteiger partial charge is 0.455 e. The molecule has 3 fully saturated rings. The summed E-state index contributed by atoms with van der Waals surface area (Å²) in [6, 6.07) is 29.1. The number of esters is 1. The molecule has 9 atom stereocenters. The summed E-state index contributed by atoms with van der Waals surface area (Å²) in [5.74, 6) is -1.93. The van der Waals surface area contributed by atoms with Crippen LogP contribution in [-0.2, 0) is 24.6 Å². The fraction of sp³-hybridized carbons (Fsp3) is 0.522. The van der Waals surface area contributed by atoms with Gasteiger partial charge in [-0.2, -0.15) is 0 Å². The maximum atomic E-state index is 15.2. The molecular formula is C46H56O7. The summed E-state index contributed by atoms with van der Waals surface area (Å²) in [6.07, 6.45) is -3.16. The van der Waals surface area contributed by atoms with Crippen molar-refractivity contribution in [1.82, 2.24) is 0 Å². The number of allylic oxidation sites excluding steroid dienone is 1. The zero-order valence-electron chi connectivity index (χ0n) is 32.7. The summed E-state index contributed by atoms with van der Waals surface area (Å²) in [6.45, 7) is 18.4. The average Bonchev–Trinajstić information content (AvgIpc) is 3.12. The number of Topliss-reactive ketones (excluding diaryl/α,β-unsaturated/α-hetero) is 1. The van der Waals surface area contributed by atoms with E-state index in [1.807, 2.05) is 77.1 Å². The van der Waals surface area contributed by atoms with Crippen LogP contribution in [0.15, 0.2) is 102 Å². The van der Waals surface area contributed by atoms with Gasteiger partial charge in [0.05, 0.1) is 24.4 Å². The highest BCUT2D eigenvalue weighted by atomic mass is 16.6. The molecule has 7 nitrogen and oxygen atoms in total. The molecule has 0 amide bonds. The lowest BCUT2D eigenvalue weighted by molar-refractivity contribution is -0.344. The van der Waals surface area contributed by atoms with Crippen LogP contribution < -0.4 is 0 Å². The van der Waals surface area contributed by atoms with E-state index in [0.29, 0.717) is 24.2 Å². The number of aliphatic hydroxyl groups excluding tert-OH is 1. The molecule has 2 saturated carbocycles. The second-order valence-corrected chi connectivity index (χ2v) is 18.3. The lowest BCUT2D eigenvalue weighted by Crippen LogP contribution is -2.78. The zero-order valence-corrected chi connectivity index (χ0v) is 32.7. The number of benzene rings is 3. The fourth-order valence-corrected chi connectivity index (χ4v) is 11.0. The van der Waals surface area contributed by atoms with Crippen molar-refractivity contribution in [2.75, 3.05) is 6.61 Å². The van der Waals surface area contributed by atoms with E-state index < -0.39 is 68.8 Å². The van der Waals surface area contributed by atoms with Crippen molar-refractivity contribution in [1.29, 1.82) is 0 Å². The highest BCUT2D eigenvalue weighted by molar-refractivity contribution is 6.02. The monoisotopic (exact) mass is 720 g/mol. The van der Waals surface area contributed by atoms with Gasteiger partial charge in [0.2, 0.25) is 0 Å². The smallest absolute Gasteiger partial charge is 0.338 e. The number of hydrogen-bond donors (Lipinski definition) is 2. The SMILES string of the molecule is CC1=C2C(=O)[C@H](O)[C@]3(C)[C@@H](OC(c4ccccc4)(c4ccccc4)C(C)(C)C)C[C@H]4OC[C@@]4(C)[C@H]3[C@H](OC(=O)c3ccccc3)[C@](O)(C[C@@H]1C)C2(C)C. The molecule has 0 radical (unpaired) electrons. The third-order valence-corrected chi connectivity index (χ3v) is 14.1. The van der Waals surface area contributed by atoms with Crippen LogP contribution in [0.3, 0.4) is 0 Å². The van der Waals surface area contributed by atoms with Gasteiger partial charge >= 0.3 is 5.97 Å². The third-order valence-electron chi connectivity index (χ3n) is 14.1. The Balaban J connectivity index is 1.51. The van der Waals surface area contributed by atoms with Crippen LogP contribution in [0.5, 0.6) is 0 Å². The number of carbonyl (C=O) groups is 2. The van der Waals surface area contributed by atoms with E-state index in [0.717, 1.165) is 16.7 Å². The van der Waals surface area contributed by atoms with Gasteiger partial charge in [-0.05, 0) is 47.9 Å². The number of fused-ring (bicyclic) bond motifs is 5. The van der Waals surface area contributed by atoms with Gasteiger partial charge in [-0.25, -0.2) is 4.79 Å². The maximum Gasteiger partial charge on any atom is 0.338 e. The summed E-state index contributed by atoms with van der Waals surface area (Å²) in [4.78, 5) is 29.5. The molecule has 1 heterocycles. The van der Waals surface area contributed by atoms with Gasteiger partial charge in [0, 0.05) is 34.2 Å². The van der Waals surface area contributed by atoms with Crippen molar-refractivity contribution in [3.63, 3.8) is 0 Å². The Morgan fingerprint density at radius 1 is 0.868 bits per heavy atom. The second-order valence-electron chi connectivity index (χ2n) is 18.3. The summed E-state index contributed by atoms with van der Waals surface area (Å²) in [5, 5.41) is 26.4. The Labute approximate surface area is 314 Å². The molecule has 0 spiro atoms. The van der Waals surface area contributed by atoms with Gasteiger partial charge in [-0.15, -0.1) is 0 Å². The topological polar surface area (TPSA) is 102 Å². The van der Waals surface area contributed by atoms with Gasteiger partial charge in [0.1, 0.15) is 23.4 Å². The molecule has 7 heteroatoms. The first-order valence-corrected chi connectivity index (χ1v) is 19.2. The van der Waals surface area contributed by atoms with E-state index in [4.69, 9.17) is 14.2 Å². The summed E-state index contributed by atoms with van der Waals surface area (Å²) in [5.41, 5.74) is -3.01. The van der Waals surface area contributed by atoms with E-state index in [-0.39, 0.29) is 18.4 Å². The minimum Gasteiger partial charge on any atom is -0.455 e. The molecule has 2 bridgehead atoms. The molecule has 3 aliphatic carbocycles. The van der Waals surface area contributed by atoms with Crippen LogP contribution in [0.4, 0.5) is 0 Å². The van der Waals surface area contributed by atoms with Gasteiger partial charge in [0.15, 0.2) is 5.78 Å². The lowest BCUT2D eigenvalue weighted by Gasteiger charge is -2.69. The minimum atomic E-state index is -1.68. The second kappa shape index (κ2) is 12.7. The zero-order chi connectivity index (χ0) is 38.4. The predicted molar refractivity (Wildman–Crippen MR) is 204 cm³/mol. The molecule has 2 N–H and O–H groups in total. The summed E-state index contributed by atoms with van der Waals surface area (Å²) < 4.78 is 20.9. The van der Waals surface area contributed by atoms with Crippen LogP contribution >= 0.6 is 0 Å². The molecule has 0 aromatic heterocycles. The predicted octanol–water partition coefficient (Wildman–Crippen LogP) is 8.08. The standard InChI is InChI=1S/C46H56O7/c1-28-26-45(50)39(52-40(49)30-19-13-10-14-20-30)37-43(8)27-51-33(43)25-34(44(37,9)38(48)36(47)35(29(28)2)42(45,6)7)53-46(41(3,4)5,31-21-15-11-16-22-31)32-23-17-12-18-24-32/h10-24,28,33-34,37-39,48,50H,25-27H2,1-9H3/t28-,33+,34-,37+,38-,39-,43+,44+,45+/m0/s1. The molecule has 1 saturated heterocycles. The average molecular weight is 721 g/mol. The first-order chi connectivity index (χ1) is 24.9. The molecule has 282 valence electrons. The summed E-state index contributed by atoms with van der Waals surface area (Å²) in [7, 11) is 0. The van der Waals surface area contributed by atoms with Crippen molar-refractivity contribution in [3.05, 3.63) is 119 Å². The van der Waals surface area contributed by atoms with Crippen LogP contribution in [0.2, 0.25) is 0 Å². The van der Waals surface area contributed by atoms with Gasteiger partial charge in [-0.1, -0.05) is 140 Å². The number of carbonyl (C=O) groups excluding carboxylic acids is 2. The van der Waals surface area contributed by atoms with Gasteiger partial charge in [0.25, 0.3) is 0 Å². The summed E-state index contributed by atoms with van der Waals surface area (Å²) >= 11 is 0. The van der Waals surface area contributed by atoms with Crippen molar-refractivity contribution < 1.29 is 34.0 Å². The van der Waals surface area contributed by atoms with Crippen molar-refractivity contribution >= 4 is 11.8 Å². The number of rotatable bonds is 6. The number of ether oxygens (including phenoxy) is 3. The van der Waals surface area contributed by atoms with Crippen molar-refractivity contribution in [3.8, 4) is 0 Å². The van der Waals surface area contributed by atoms with Gasteiger partial charge < -0.3 is 24.4 Å². The van der Waals surface area contributed by atoms with E-state index in [2.05, 4.69) is 52.0 Å². The Kier molecular flexibility index (Phi) is 9.05. The molecule has 0 unspecified atom stereocenters. The Bertz CT molecular complexity index is 1860. The first kappa shape index (κ1) is 37.7. The molecule has 53 heavy (non-hydrogen) atoms. The van der Waals surface area contributed by atoms with Crippen LogP contribution in [0.1, 0.15) is 96.6 Å². The van der Waals surface area contributed by atoms with Crippen LogP contribution in [-0.4, -0.2) is 58.6 Å². The molecule has 1 aliphatic heterocycles.